The zero-order chi connectivity index (χ0) is 19.0. The summed E-state index contributed by atoms with van der Waals surface area (Å²) in [6, 6.07) is 16.6. The molecule has 0 saturated heterocycles. The van der Waals surface area contributed by atoms with Crippen molar-refractivity contribution in [2.75, 3.05) is 11.9 Å². The molecule has 0 saturated carbocycles. The first-order chi connectivity index (χ1) is 12.4. The standard InChI is InChI=1S/C18H17N3O4S/c19-12-15(13-20-10-9-14-5-2-1-3-6-14)18(22)21-16-7-4-8-17(11-16)26(23,24)25/h1-8,11,13,20H,9-10H2,(H,21,22)(H,23,24,25)/b15-13-. The van der Waals surface area contributed by atoms with Gasteiger partial charge < -0.3 is 10.6 Å². The van der Waals surface area contributed by atoms with Crippen molar-refractivity contribution in [3.8, 4) is 6.07 Å². The lowest BCUT2D eigenvalue weighted by molar-refractivity contribution is -0.112. The molecule has 134 valence electrons. The molecule has 0 radical (unpaired) electrons. The summed E-state index contributed by atoms with van der Waals surface area (Å²) in [6.45, 7) is 0.542. The van der Waals surface area contributed by atoms with E-state index in [1.54, 1.807) is 6.07 Å². The van der Waals surface area contributed by atoms with Crippen LogP contribution in [0.1, 0.15) is 5.56 Å². The molecule has 0 heterocycles. The summed E-state index contributed by atoms with van der Waals surface area (Å²) in [5.74, 6) is -0.688. The lowest BCUT2D eigenvalue weighted by Crippen LogP contribution is -2.18. The molecule has 0 unspecified atom stereocenters. The molecule has 7 nitrogen and oxygen atoms in total. The van der Waals surface area contributed by atoms with E-state index in [0.29, 0.717) is 6.54 Å². The van der Waals surface area contributed by atoms with Crippen molar-refractivity contribution in [1.82, 2.24) is 5.32 Å². The number of nitrogens with zero attached hydrogens (tertiary/aromatic N) is 1. The second-order valence-electron chi connectivity index (χ2n) is 5.32. The quantitative estimate of drug-likeness (QED) is 0.297. The van der Waals surface area contributed by atoms with Crippen molar-refractivity contribution in [2.45, 2.75) is 11.3 Å². The number of carbonyl (C=O) groups excluding carboxylic acids is 1. The zero-order valence-corrected chi connectivity index (χ0v) is 14.5. The van der Waals surface area contributed by atoms with Crippen molar-refractivity contribution in [2.24, 2.45) is 0 Å². The minimum Gasteiger partial charge on any atom is -0.389 e. The van der Waals surface area contributed by atoms with Crippen LogP contribution >= 0.6 is 0 Å². The average Bonchev–Trinajstić information content (AvgIpc) is 2.62. The first-order valence-electron chi connectivity index (χ1n) is 7.66. The van der Waals surface area contributed by atoms with Crippen LogP contribution in [-0.4, -0.2) is 25.4 Å². The lowest BCUT2D eigenvalue weighted by atomic mass is 10.1. The maximum Gasteiger partial charge on any atom is 0.294 e. The van der Waals surface area contributed by atoms with Crippen molar-refractivity contribution in [3.05, 3.63) is 71.9 Å². The van der Waals surface area contributed by atoms with Crippen LogP contribution in [0.2, 0.25) is 0 Å². The predicted octanol–water partition coefficient (Wildman–Crippen LogP) is 2.11. The van der Waals surface area contributed by atoms with Crippen molar-refractivity contribution in [3.63, 3.8) is 0 Å². The predicted molar refractivity (Wildman–Crippen MR) is 96.7 cm³/mol. The fourth-order valence-corrected chi connectivity index (χ4v) is 2.64. The van der Waals surface area contributed by atoms with Gasteiger partial charge in [0.05, 0.1) is 4.90 Å². The minimum atomic E-state index is -4.37. The molecule has 0 atom stereocenters. The topological polar surface area (TPSA) is 119 Å². The highest BCUT2D eigenvalue weighted by Gasteiger charge is 2.13. The normalized spacial score (nSPS) is 11.5. The highest BCUT2D eigenvalue weighted by Crippen LogP contribution is 2.15. The molecule has 0 aliphatic rings. The van der Waals surface area contributed by atoms with Crippen molar-refractivity contribution < 1.29 is 17.8 Å². The second kappa shape index (κ2) is 8.80. The Kier molecular flexibility index (Phi) is 6.49. The fourth-order valence-electron chi connectivity index (χ4n) is 2.12. The number of amides is 1. The highest BCUT2D eigenvalue weighted by molar-refractivity contribution is 7.85. The van der Waals surface area contributed by atoms with Gasteiger partial charge in [0.25, 0.3) is 16.0 Å². The number of nitriles is 1. The number of carbonyl (C=O) groups is 1. The number of hydrogen-bond acceptors (Lipinski definition) is 5. The van der Waals surface area contributed by atoms with Crippen LogP contribution in [0.15, 0.2) is 71.3 Å². The monoisotopic (exact) mass is 371 g/mol. The molecule has 0 spiro atoms. The first kappa shape index (κ1) is 19.2. The van der Waals surface area contributed by atoms with E-state index < -0.39 is 16.0 Å². The van der Waals surface area contributed by atoms with Gasteiger partial charge in [-0.25, -0.2) is 0 Å². The third-order valence-electron chi connectivity index (χ3n) is 3.40. The number of rotatable bonds is 7. The summed E-state index contributed by atoms with van der Waals surface area (Å²) in [4.78, 5) is 11.8. The minimum absolute atomic E-state index is 0.149. The Morgan fingerprint density at radius 1 is 1.15 bits per heavy atom. The molecule has 8 heteroatoms. The van der Waals surface area contributed by atoms with Crippen molar-refractivity contribution >= 4 is 21.7 Å². The Morgan fingerprint density at radius 3 is 2.54 bits per heavy atom. The van der Waals surface area contributed by atoms with Gasteiger partial charge in [0.15, 0.2) is 0 Å². The molecular formula is C18H17N3O4S. The van der Waals surface area contributed by atoms with E-state index in [-0.39, 0.29) is 16.2 Å². The SMILES string of the molecule is N#C/C(=C/NCCc1ccccc1)C(=O)Nc1cccc(S(=O)(=O)O)c1. The smallest absolute Gasteiger partial charge is 0.294 e. The molecule has 2 aromatic carbocycles. The van der Waals surface area contributed by atoms with E-state index in [4.69, 9.17) is 9.81 Å². The van der Waals surface area contributed by atoms with Crippen LogP contribution < -0.4 is 10.6 Å². The van der Waals surface area contributed by atoms with E-state index in [1.807, 2.05) is 30.3 Å². The summed E-state index contributed by atoms with van der Waals surface area (Å²) in [5, 5.41) is 14.4. The van der Waals surface area contributed by atoms with Gasteiger partial charge in [-0.15, -0.1) is 0 Å². The van der Waals surface area contributed by atoms with Gasteiger partial charge in [-0.3, -0.25) is 9.35 Å². The summed E-state index contributed by atoms with van der Waals surface area (Å²) in [6.07, 6.45) is 2.04. The van der Waals surface area contributed by atoms with Gasteiger partial charge in [-0.1, -0.05) is 36.4 Å². The van der Waals surface area contributed by atoms with Crippen molar-refractivity contribution in [1.29, 1.82) is 5.26 Å². The van der Waals surface area contributed by atoms with Crippen LogP contribution in [-0.2, 0) is 21.3 Å². The zero-order valence-electron chi connectivity index (χ0n) is 13.7. The molecule has 0 aliphatic heterocycles. The Hall–Kier alpha value is -3.15. The summed E-state index contributed by atoms with van der Waals surface area (Å²) in [7, 11) is -4.37. The summed E-state index contributed by atoms with van der Waals surface area (Å²) >= 11 is 0. The van der Waals surface area contributed by atoms with Gasteiger partial charge >= 0.3 is 0 Å². The third-order valence-corrected chi connectivity index (χ3v) is 4.25. The third kappa shape index (κ3) is 5.73. The molecule has 0 aliphatic carbocycles. The number of nitrogens with one attached hydrogen (secondary N) is 2. The van der Waals surface area contributed by atoms with Gasteiger partial charge in [0.1, 0.15) is 11.6 Å². The fraction of sp³-hybridized carbons (Fsp3) is 0.111. The first-order valence-corrected chi connectivity index (χ1v) is 9.10. The van der Waals surface area contributed by atoms with E-state index >= 15 is 0 Å². The van der Waals surface area contributed by atoms with Crippen LogP contribution in [0.4, 0.5) is 5.69 Å². The Morgan fingerprint density at radius 2 is 1.88 bits per heavy atom. The number of hydrogen-bond donors (Lipinski definition) is 3. The molecule has 1 amide bonds. The van der Waals surface area contributed by atoms with E-state index in [0.717, 1.165) is 18.1 Å². The molecule has 26 heavy (non-hydrogen) atoms. The average molecular weight is 371 g/mol. The van der Waals surface area contributed by atoms with Gasteiger partial charge in [0, 0.05) is 18.4 Å². The molecule has 0 bridgehead atoms. The lowest BCUT2D eigenvalue weighted by Gasteiger charge is -2.06. The Labute approximate surface area is 151 Å². The molecule has 2 aromatic rings. The van der Waals surface area contributed by atoms with E-state index in [9.17, 15) is 13.2 Å². The summed E-state index contributed by atoms with van der Waals surface area (Å²) < 4.78 is 31.3. The van der Waals surface area contributed by atoms with Crippen LogP contribution in [0.25, 0.3) is 0 Å². The molecule has 2 rings (SSSR count). The number of anilines is 1. The maximum atomic E-state index is 12.1. The molecule has 0 fully saturated rings. The van der Waals surface area contributed by atoms with Gasteiger partial charge in [0.2, 0.25) is 0 Å². The molecular weight excluding hydrogens is 354 g/mol. The van der Waals surface area contributed by atoms with Gasteiger partial charge in [-0.05, 0) is 30.2 Å². The van der Waals surface area contributed by atoms with E-state index in [1.165, 1.54) is 24.4 Å². The van der Waals surface area contributed by atoms with Crippen LogP contribution in [0.3, 0.4) is 0 Å². The van der Waals surface area contributed by atoms with Crippen LogP contribution in [0.5, 0.6) is 0 Å². The summed E-state index contributed by atoms with van der Waals surface area (Å²) in [5.41, 5.74) is 1.12. The van der Waals surface area contributed by atoms with Gasteiger partial charge in [-0.2, -0.15) is 13.7 Å². The highest BCUT2D eigenvalue weighted by atomic mass is 32.2. The molecule has 0 aromatic heterocycles. The maximum absolute atomic E-state index is 12.1. The molecule has 3 N–H and O–H groups in total. The Balaban J connectivity index is 1.97. The Bertz CT molecular complexity index is 948. The number of benzene rings is 2. The van der Waals surface area contributed by atoms with E-state index in [2.05, 4.69) is 10.6 Å². The van der Waals surface area contributed by atoms with Crippen LogP contribution in [0, 0.1) is 11.3 Å². The second-order valence-corrected chi connectivity index (χ2v) is 6.74. The largest absolute Gasteiger partial charge is 0.389 e.